The molecule has 0 saturated heterocycles. The van der Waals surface area contributed by atoms with Crippen LogP contribution in [0.4, 0.5) is 5.69 Å². The average Bonchev–Trinajstić information content (AvgIpc) is 3.29. The second-order valence-corrected chi connectivity index (χ2v) is 8.18. The molecule has 1 unspecified atom stereocenters. The van der Waals surface area contributed by atoms with Crippen LogP contribution in [0.3, 0.4) is 0 Å². The summed E-state index contributed by atoms with van der Waals surface area (Å²) in [6, 6.07) is 23.1. The first-order valence-electron chi connectivity index (χ1n) is 9.37. The summed E-state index contributed by atoms with van der Waals surface area (Å²) in [4.78, 5) is 25.8. The number of carbonyl (C=O) groups is 2. The highest BCUT2D eigenvalue weighted by molar-refractivity contribution is 7.17. The highest BCUT2D eigenvalue weighted by Crippen LogP contribution is 2.41. The second-order valence-electron chi connectivity index (χ2n) is 7.27. The monoisotopic (exact) mass is 398 g/mol. The van der Waals surface area contributed by atoms with E-state index < -0.39 is 5.54 Å². The molecule has 3 aromatic carbocycles. The molecule has 0 aliphatic carbocycles. The minimum absolute atomic E-state index is 0.136. The summed E-state index contributed by atoms with van der Waals surface area (Å²) in [6.07, 6.45) is 0. The molecule has 5 rings (SSSR count). The van der Waals surface area contributed by atoms with Gasteiger partial charge in [0.25, 0.3) is 11.8 Å². The Kier molecular flexibility index (Phi) is 4.00. The molecule has 2 amide bonds. The van der Waals surface area contributed by atoms with Crippen molar-refractivity contribution in [3.63, 3.8) is 0 Å². The second kappa shape index (κ2) is 6.57. The molecule has 1 atom stereocenters. The summed E-state index contributed by atoms with van der Waals surface area (Å²) < 4.78 is 1.07. The number of rotatable bonds is 3. The van der Waals surface area contributed by atoms with Crippen molar-refractivity contribution < 1.29 is 9.59 Å². The van der Waals surface area contributed by atoms with E-state index in [9.17, 15) is 9.59 Å². The Hall–Kier alpha value is -3.44. The molecule has 4 aromatic rings. The molecule has 0 spiro atoms. The zero-order chi connectivity index (χ0) is 20.0. The van der Waals surface area contributed by atoms with Gasteiger partial charge in [0.1, 0.15) is 0 Å². The molecule has 0 saturated carbocycles. The smallest absolute Gasteiger partial charge is 0.257 e. The van der Waals surface area contributed by atoms with Gasteiger partial charge < -0.3 is 10.6 Å². The fraction of sp³-hybridized carbons (Fsp3) is 0.0833. The van der Waals surface area contributed by atoms with E-state index >= 15 is 0 Å². The molecule has 5 heteroatoms. The number of benzene rings is 3. The average molecular weight is 398 g/mol. The zero-order valence-electron chi connectivity index (χ0n) is 15.7. The van der Waals surface area contributed by atoms with Crippen molar-refractivity contribution in [3.8, 4) is 0 Å². The lowest BCUT2D eigenvalue weighted by molar-refractivity contribution is 0.0944. The van der Waals surface area contributed by atoms with Crippen LogP contribution in [0.25, 0.3) is 10.1 Å². The van der Waals surface area contributed by atoms with E-state index in [0.29, 0.717) is 16.8 Å². The number of fused-ring (bicyclic) bond motifs is 2. The van der Waals surface area contributed by atoms with E-state index in [1.54, 1.807) is 23.5 Å². The van der Waals surface area contributed by atoms with Crippen molar-refractivity contribution in [2.24, 2.45) is 0 Å². The van der Waals surface area contributed by atoms with Gasteiger partial charge in [0.05, 0.1) is 11.1 Å². The van der Waals surface area contributed by atoms with Crippen molar-refractivity contribution in [3.05, 3.63) is 100 Å². The minimum atomic E-state index is -0.714. The first-order chi connectivity index (χ1) is 14.1. The normalized spacial score (nSPS) is 17.8. The summed E-state index contributed by atoms with van der Waals surface area (Å²) in [6.45, 7) is 1.97. The Morgan fingerprint density at radius 1 is 0.966 bits per heavy atom. The van der Waals surface area contributed by atoms with Crippen LogP contribution in [0.5, 0.6) is 0 Å². The predicted molar refractivity (Wildman–Crippen MR) is 117 cm³/mol. The Bertz CT molecular complexity index is 1260. The van der Waals surface area contributed by atoms with Gasteiger partial charge in [-0.2, -0.15) is 0 Å². The third-order valence-corrected chi connectivity index (χ3v) is 6.46. The van der Waals surface area contributed by atoms with Gasteiger partial charge in [0, 0.05) is 32.3 Å². The Balaban J connectivity index is 1.60. The summed E-state index contributed by atoms with van der Waals surface area (Å²) in [7, 11) is 0. The van der Waals surface area contributed by atoms with E-state index in [1.807, 2.05) is 73.0 Å². The van der Waals surface area contributed by atoms with Gasteiger partial charge in [-0.25, -0.2) is 0 Å². The molecule has 2 N–H and O–H groups in total. The Labute approximate surface area is 172 Å². The number of amides is 2. The van der Waals surface area contributed by atoms with Gasteiger partial charge in [0.15, 0.2) is 0 Å². The first-order valence-corrected chi connectivity index (χ1v) is 10.2. The van der Waals surface area contributed by atoms with Crippen LogP contribution < -0.4 is 10.6 Å². The van der Waals surface area contributed by atoms with E-state index in [1.165, 1.54) is 0 Å². The number of anilines is 1. The van der Waals surface area contributed by atoms with Crippen molar-refractivity contribution in [1.82, 2.24) is 5.32 Å². The number of hydrogen-bond donors (Lipinski definition) is 2. The fourth-order valence-electron chi connectivity index (χ4n) is 4.07. The minimum Gasteiger partial charge on any atom is -0.339 e. The molecule has 1 aromatic heterocycles. The number of thiophene rings is 1. The molecule has 0 fully saturated rings. The van der Waals surface area contributed by atoms with E-state index in [2.05, 4.69) is 10.6 Å². The maximum atomic E-state index is 13.1. The third-order valence-electron chi connectivity index (χ3n) is 5.50. The van der Waals surface area contributed by atoms with Gasteiger partial charge in [-0.1, -0.05) is 54.6 Å². The molecule has 0 bridgehead atoms. The number of carbonyl (C=O) groups excluding carboxylic acids is 2. The lowest BCUT2D eigenvalue weighted by atomic mass is 9.84. The lowest BCUT2D eigenvalue weighted by Gasteiger charge is -2.28. The largest absolute Gasteiger partial charge is 0.339 e. The number of nitrogens with one attached hydrogen (secondary N) is 2. The Morgan fingerprint density at radius 2 is 1.72 bits per heavy atom. The molecular formula is C24H18N2O2S. The van der Waals surface area contributed by atoms with Crippen LogP contribution in [-0.2, 0) is 5.54 Å². The van der Waals surface area contributed by atoms with Crippen molar-refractivity contribution in [2.75, 3.05) is 5.32 Å². The molecule has 142 valence electrons. The van der Waals surface area contributed by atoms with Crippen LogP contribution in [0.2, 0.25) is 0 Å². The van der Waals surface area contributed by atoms with Crippen LogP contribution in [0.1, 0.15) is 38.8 Å². The van der Waals surface area contributed by atoms with Gasteiger partial charge in [-0.3, -0.25) is 9.59 Å². The van der Waals surface area contributed by atoms with Crippen LogP contribution in [0.15, 0.2) is 78.2 Å². The van der Waals surface area contributed by atoms with E-state index in [0.717, 1.165) is 21.2 Å². The van der Waals surface area contributed by atoms with Crippen molar-refractivity contribution >= 4 is 38.9 Å². The van der Waals surface area contributed by atoms with E-state index in [4.69, 9.17) is 0 Å². The van der Waals surface area contributed by atoms with Crippen LogP contribution in [0, 0.1) is 0 Å². The summed E-state index contributed by atoms with van der Waals surface area (Å²) >= 11 is 1.55. The fourth-order valence-corrected chi connectivity index (χ4v) is 5.01. The van der Waals surface area contributed by atoms with Gasteiger partial charge in [0.2, 0.25) is 0 Å². The van der Waals surface area contributed by atoms with Gasteiger partial charge in [-0.05, 0) is 30.7 Å². The molecule has 2 heterocycles. The molecule has 1 aliphatic rings. The highest BCUT2D eigenvalue weighted by Gasteiger charge is 2.42. The van der Waals surface area contributed by atoms with Gasteiger partial charge in [-0.15, -0.1) is 11.3 Å². The SMILES string of the molecule is CC1(c2ccccc2)NC(=O)c2cccc(NC(=O)c3csc4ccccc34)c21. The molecule has 4 nitrogen and oxygen atoms in total. The van der Waals surface area contributed by atoms with E-state index in [-0.39, 0.29) is 11.8 Å². The lowest BCUT2D eigenvalue weighted by Crippen LogP contribution is -2.37. The topological polar surface area (TPSA) is 58.2 Å². The molecule has 29 heavy (non-hydrogen) atoms. The van der Waals surface area contributed by atoms with Crippen LogP contribution >= 0.6 is 11.3 Å². The van der Waals surface area contributed by atoms with Crippen molar-refractivity contribution in [1.29, 1.82) is 0 Å². The zero-order valence-corrected chi connectivity index (χ0v) is 16.5. The molecular weight excluding hydrogens is 380 g/mol. The van der Waals surface area contributed by atoms with Gasteiger partial charge >= 0.3 is 0 Å². The Morgan fingerprint density at radius 3 is 2.55 bits per heavy atom. The summed E-state index contributed by atoms with van der Waals surface area (Å²) in [5, 5.41) is 8.97. The highest BCUT2D eigenvalue weighted by atomic mass is 32.1. The summed E-state index contributed by atoms with van der Waals surface area (Å²) in [5.41, 5.74) is 2.92. The quantitative estimate of drug-likeness (QED) is 0.501. The van der Waals surface area contributed by atoms with Crippen LogP contribution in [-0.4, -0.2) is 11.8 Å². The maximum absolute atomic E-state index is 13.1. The predicted octanol–water partition coefficient (Wildman–Crippen LogP) is 5.16. The standard InChI is InChI=1S/C24H18N2O2S/c1-24(15-8-3-2-4-9-15)21-17(23(28)26-24)11-7-12-19(21)25-22(27)18-14-29-20-13-6-5-10-16(18)20/h2-14H,1H3,(H,25,27)(H,26,28). The molecule has 1 aliphatic heterocycles. The third kappa shape index (κ3) is 2.74. The van der Waals surface area contributed by atoms with Crippen molar-refractivity contribution in [2.45, 2.75) is 12.5 Å². The maximum Gasteiger partial charge on any atom is 0.257 e. The number of hydrogen-bond acceptors (Lipinski definition) is 3. The first kappa shape index (κ1) is 17.6. The summed E-state index contributed by atoms with van der Waals surface area (Å²) in [5.74, 6) is -0.311. The molecule has 0 radical (unpaired) electrons.